The van der Waals surface area contributed by atoms with E-state index in [-0.39, 0.29) is 6.10 Å². The van der Waals surface area contributed by atoms with Crippen LogP contribution in [0.1, 0.15) is 19.8 Å². The number of rotatable bonds is 4. The van der Waals surface area contributed by atoms with Crippen LogP contribution in [-0.4, -0.2) is 49.5 Å². The first-order valence-electron chi connectivity index (χ1n) is 5.17. The van der Waals surface area contributed by atoms with E-state index in [1.807, 2.05) is 0 Å². The van der Waals surface area contributed by atoms with Gasteiger partial charge in [0.1, 0.15) is 0 Å². The van der Waals surface area contributed by atoms with Gasteiger partial charge in [-0.15, -0.1) is 0 Å². The average molecular weight is 187 g/mol. The molecule has 1 heterocycles. The van der Waals surface area contributed by atoms with Gasteiger partial charge in [0.25, 0.3) is 0 Å². The molecule has 1 N–H and O–H groups in total. The van der Waals surface area contributed by atoms with E-state index < -0.39 is 0 Å². The Hall–Kier alpha value is -0.120. The van der Waals surface area contributed by atoms with Crippen LogP contribution in [-0.2, 0) is 4.74 Å². The third-order valence-electron chi connectivity index (χ3n) is 2.96. The van der Waals surface area contributed by atoms with Crippen LogP contribution in [0.15, 0.2) is 0 Å². The standard InChI is InChI=1S/C10H21NO2/c1-3-11-6-4-9(5-7-11)10(12)8-13-2/h9-10,12H,3-8H2,1-2H3. The van der Waals surface area contributed by atoms with E-state index in [0.717, 1.165) is 32.5 Å². The molecule has 1 unspecified atom stereocenters. The molecule has 1 fully saturated rings. The van der Waals surface area contributed by atoms with E-state index in [1.165, 1.54) is 0 Å². The molecule has 1 saturated heterocycles. The molecule has 0 saturated carbocycles. The molecule has 0 aromatic carbocycles. The molecule has 13 heavy (non-hydrogen) atoms. The minimum Gasteiger partial charge on any atom is -0.390 e. The molecule has 0 aromatic heterocycles. The van der Waals surface area contributed by atoms with E-state index in [0.29, 0.717) is 12.5 Å². The topological polar surface area (TPSA) is 32.7 Å². The van der Waals surface area contributed by atoms with Crippen molar-refractivity contribution < 1.29 is 9.84 Å². The normalized spacial score (nSPS) is 23.3. The van der Waals surface area contributed by atoms with Gasteiger partial charge in [0.2, 0.25) is 0 Å². The first-order chi connectivity index (χ1) is 6.27. The first kappa shape index (κ1) is 11.0. The Kier molecular flexibility index (Phi) is 4.70. The number of aliphatic hydroxyl groups is 1. The van der Waals surface area contributed by atoms with Crippen molar-refractivity contribution >= 4 is 0 Å². The van der Waals surface area contributed by atoms with E-state index in [9.17, 15) is 5.11 Å². The van der Waals surface area contributed by atoms with Gasteiger partial charge >= 0.3 is 0 Å². The van der Waals surface area contributed by atoms with E-state index in [4.69, 9.17) is 4.74 Å². The zero-order chi connectivity index (χ0) is 9.68. The highest BCUT2D eigenvalue weighted by molar-refractivity contribution is 4.76. The number of nitrogens with zero attached hydrogens (tertiary/aromatic N) is 1. The summed E-state index contributed by atoms with van der Waals surface area (Å²) in [6.07, 6.45) is 1.96. The molecule has 0 spiro atoms. The molecule has 0 bridgehead atoms. The van der Waals surface area contributed by atoms with Crippen LogP contribution in [0, 0.1) is 5.92 Å². The average Bonchev–Trinajstić information content (AvgIpc) is 2.18. The van der Waals surface area contributed by atoms with Crippen molar-refractivity contribution in [2.24, 2.45) is 5.92 Å². The van der Waals surface area contributed by atoms with Crippen LogP contribution in [0.5, 0.6) is 0 Å². The molecule has 1 aliphatic rings. The molecular formula is C10H21NO2. The smallest absolute Gasteiger partial charge is 0.0802 e. The lowest BCUT2D eigenvalue weighted by atomic mass is 9.91. The second-order valence-electron chi connectivity index (χ2n) is 3.79. The largest absolute Gasteiger partial charge is 0.390 e. The molecule has 0 radical (unpaired) electrons. The lowest BCUT2D eigenvalue weighted by molar-refractivity contribution is 0.00321. The van der Waals surface area contributed by atoms with Gasteiger partial charge in [0, 0.05) is 7.11 Å². The maximum absolute atomic E-state index is 9.69. The molecule has 0 amide bonds. The Morgan fingerprint density at radius 1 is 1.46 bits per heavy atom. The van der Waals surface area contributed by atoms with Crippen molar-refractivity contribution in [1.82, 2.24) is 4.90 Å². The monoisotopic (exact) mass is 187 g/mol. The highest BCUT2D eigenvalue weighted by atomic mass is 16.5. The third kappa shape index (κ3) is 3.25. The Balaban J connectivity index is 2.23. The lowest BCUT2D eigenvalue weighted by Crippen LogP contribution is -2.38. The summed E-state index contributed by atoms with van der Waals surface area (Å²) in [4.78, 5) is 2.43. The predicted molar refractivity (Wildman–Crippen MR) is 52.7 cm³/mol. The Labute approximate surface area is 80.7 Å². The summed E-state index contributed by atoms with van der Waals surface area (Å²) in [7, 11) is 1.64. The number of methoxy groups -OCH3 is 1. The summed E-state index contributed by atoms with van der Waals surface area (Å²) in [5.41, 5.74) is 0. The molecular weight excluding hydrogens is 166 g/mol. The van der Waals surface area contributed by atoms with E-state index in [1.54, 1.807) is 7.11 Å². The maximum Gasteiger partial charge on any atom is 0.0802 e. The summed E-state index contributed by atoms with van der Waals surface area (Å²) >= 11 is 0. The fraction of sp³-hybridized carbons (Fsp3) is 1.00. The number of aliphatic hydroxyl groups excluding tert-OH is 1. The number of hydrogen-bond donors (Lipinski definition) is 1. The van der Waals surface area contributed by atoms with Crippen LogP contribution in [0.3, 0.4) is 0 Å². The highest BCUT2D eigenvalue weighted by Crippen LogP contribution is 2.20. The second kappa shape index (κ2) is 5.58. The fourth-order valence-corrected chi connectivity index (χ4v) is 1.96. The maximum atomic E-state index is 9.69. The van der Waals surface area contributed by atoms with Gasteiger partial charge in [-0.1, -0.05) is 6.92 Å². The van der Waals surface area contributed by atoms with Gasteiger partial charge in [-0.3, -0.25) is 0 Å². The summed E-state index contributed by atoms with van der Waals surface area (Å²) in [5, 5.41) is 9.69. The predicted octanol–water partition coefficient (Wildman–Crippen LogP) is 0.726. The van der Waals surface area contributed by atoms with Crippen molar-refractivity contribution in [1.29, 1.82) is 0 Å². The molecule has 0 aromatic rings. The van der Waals surface area contributed by atoms with Crippen LogP contribution in [0.25, 0.3) is 0 Å². The van der Waals surface area contributed by atoms with Gasteiger partial charge in [-0.25, -0.2) is 0 Å². The zero-order valence-electron chi connectivity index (χ0n) is 8.70. The van der Waals surface area contributed by atoms with Gasteiger partial charge in [0.15, 0.2) is 0 Å². The number of piperidine rings is 1. The van der Waals surface area contributed by atoms with Gasteiger partial charge in [0.05, 0.1) is 12.7 Å². The highest BCUT2D eigenvalue weighted by Gasteiger charge is 2.24. The van der Waals surface area contributed by atoms with Crippen molar-refractivity contribution in [2.45, 2.75) is 25.9 Å². The molecule has 1 atom stereocenters. The minimum absolute atomic E-state index is 0.260. The van der Waals surface area contributed by atoms with E-state index >= 15 is 0 Å². The lowest BCUT2D eigenvalue weighted by Gasteiger charge is -2.33. The van der Waals surface area contributed by atoms with Crippen molar-refractivity contribution in [2.75, 3.05) is 33.4 Å². The van der Waals surface area contributed by atoms with Crippen molar-refractivity contribution in [3.05, 3.63) is 0 Å². The van der Waals surface area contributed by atoms with Crippen molar-refractivity contribution in [3.8, 4) is 0 Å². The number of likely N-dealkylation sites (tertiary alicyclic amines) is 1. The van der Waals surface area contributed by atoms with Crippen molar-refractivity contribution in [3.63, 3.8) is 0 Å². The minimum atomic E-state index is -0.260. The fourth-order valence-electron chi connectivity index (χ4n) is 1.96. The SMILES string of the molecule is CCN1CCC(C(O)COC)CC1. The van der Waals surface area contributed by atoms with Gasteiger partial charge in [-0.2, -0.15) is 0 Å². The molecule has 0 aliphatic carbocycles. The van der Waals surface area contributed by atoms with Crippen LogP contribution >= 0.6 is 0 Å². The summed E-state index contributed by atoms with van der Waals surface area (Å²) in [5.74, 6) is 0.447. The summed E-state index contributed by atoms with van der Waals surface area (Å²) < 4.78 is 4.95. The third-order valence-corrected chi connectivity index (χ3v) is 2.96. The number of ether oxygens (including phenoxy) is 1. The van der Waals surface area contributed by atoms with Crippen LogP contribution < -0.4 is 0 Å². The van der Waals surface area contributed by atoms with Gasteiger partial charge < -0.3 is 14.7 Å². The van der Waals surface area contributed by atoms with Crippen LogP contribution in [0.4, 0.5) is 0 Å². The summed E-state index contributed by atoms with van der Waals surface area (Å²) in [6.45, 7) is 6.06. The zero-order valence-corrected chi connectivity index (χ0v) is 8.70. The van der Waals surface area contributed by atoms with Gasteiger partial charge in [-0.05, 0) is 38.4 Å². The molecule has 3 nitrogen and oxygen atoms in total. The Morgan fingerprint density at radius 2 is 2.08 bits per heavy atom. The van der Waals surface area contributed by atoms with Crippen LogP contribution in [0.2, 0.25) is 0 Å². The molecule has 3 heteroatoms. The number of hydrogen-bond acceptors (Lipinski definition) is 3. The molecule has 1 aliphatic heterocycles. The summed E-state index contributed by atoms with van der Waals surface area (Å²) in [6, 6.07) is 0. The Bertz CT molecular complexity index is 133. The van der Waals surface area contributed by atoms with E-state index in [2.05, 4.69) is 11.8 Å². The second-order valence-corrected chi connectivity index (χ2v) is 3.79. The Morgan fingerprint density at radius 3 is 2.54 bits per heavy atom. The molecule has 78 valence electrons. The first-order valence-corrected chi connectivity index (χ1v) is 5.17. The molecule has 1 rings (SSSR count). The quantitative estimate of drug-likeness (QED) is 0.704.